The van der Waals surface area contributed by atoms with E-state index in [9.17, 15) is 19.3 Å². The lowest BCUT2D eigenvalue weighted by Gasteiger charge is -2.07. The molecule has 0 saturated carbocycles. The van der Waals surface area contributed by atoms with Crippen molar-refractivity contribution < 1.29 is 18.6 Å². The molecule has 0 bridgehead atoms. The molecule has 0 aliphatic carbocycles. The molecule has 9 heteroatoms. The van der Waals surface area contributed by atoms with Gasteiger partial charge in [-0.2, -0.15) is 0 Å². The molecule has 20 heavy (non-hydrogen) atoms. The highest BCUT2D eigenvalue weighted by Crippen LogP contribution is 2.27. The average molecular weight is 280 g/mol. The molecule has 2 rings (SSSR count). The van der Waals surface area contributed by atoms with Crippen LogP contribution in [0.3, 0.4) is 0 Å². The minimum absolute atomic E-state index is 0.0170. The molecule has 0 aliphatic heterocycles. The summed E-state index contributed by atoms with van der Waals surface area (Å²) in [5, 5.41) is 16.6. The second kappa shape index (κ2) is 5.34. The molecule has 0 fully saturated rings. The monoisotopic (exact) mass is 280 g/mol. The Morgan fingerprint density at radius 1 is 1.50 bits per heavy atom. The predicted octanol–water partition coefficient (Wildman–Crippen LogP) is 1.23. The van der Waals surface area contributed by atoms with Gasteiger partial charge in [-0.05, 0) is 6.07 Å². The van der Waals surface area contributed by atoms with Crippen molar-refractivity contribution in [1.29, 1.82) is 0 Å². The Labute approximate surface area is 111 Å². The minimum Gasteiger partial charge on any atom is -0.392 e. The van der Waals surface area contributed by atoms with Gasteiger partial charge < -0.3 is 15.6 Å². The maximum absolute atomic E-state index is 13.6. The van der Waals surface area contributed by atoms with Crippen molar-refractivity contribution in [3.8, 4) is 0 Å². The summed E-state index contributed by atoms with van der Waals surface area (Å²) >= 11 is 0. The number of nitrogen functional groups attached to an aromatic ring is 1. The van der Waals surface area contributed by atoms with E-state index in [4.69, 9.17) is 5.73 Å². The molecule has 0 aliphatic rings. The number of hydrogen-bond donors (Lipinski definition) is 2. The number of aromatic nitrogens is 1. The Hall–Kier alpha value is -2.97. The summed E-state index contributed by atoms with van der Waals surface area (Å²) < 4.78 is 18.2. The van der Waals surface area contributed by atoms with E-state index in [0.717, 1.165) is 12.1 Å². The molecule has 1 amide bonds. The van der Waals surface area contributed by atoms with Gasteiger partial charge in [0.1, 0.15) is 29.0 Å². The maximum Gasteiger partial charge on any atom is 0.293 e. The quantitative estimate of drug-likeness (QED) is 0.493. The van der Waals surface area contributed by atoms with E-state index < -0.39 is 33.6 Å². The van der Waals surface area contributed by atoms with Gasteiger partial charge in [0.05, 0.1) is 11.5 Å². The zero-order valence-electron chi connectivity index (χ0n) is 10.00. The number of amides is 1. The largest absolute Gasteiger partial charge is 0.392 e. The molecule has 2 aromatic rings. The molecular formula is C11H9FN4O4. The van der Waals surface area contributed by atoms with Crippen LogP contribution in [-0.2, 0) is 6.54 Å². The van der Waals surface area contributed by atoms with Gasteiger partial charge in [-0.3, -0.25) is 14.9 Å². The Balaban J connectivity index is 2.25. The lowest BCUT2D eigenvalue weighted by atomic mass is 10.1. The number of nitro groups is 1. The summed E-state index contributed by atoms with van der Waals surface area (Å²) in [6.45, 7) is -0.0170. The summed E-state index contributed by atoms with van der Waals surface area (Å²) in [4.78, 5) is 21.8. The van der Waals surface area contributed by atoms with Crippen LogP contribution in [0.5, 0.6) is 0 Å². The van der Waals surface area contributed by atoms with Gasteiger partial charge in [0.15, 0.2) is 0 Å². The molecule has 8 nitrogen and oxygen atoms in total. The lowest BCUT2D eigenvalue weighted by molar-refractivity contribution is -0.384. The normalized spacial score (nSPS) is 10.2. The molecule has 0 atom stereocenters. The van der Waals surface area contributed by atoms with Crippen molar-refractivity contribution in [1.82, 2.24) is 10.5 Å². The van der Waals surface area contributed by atoms with Crippen molar-refractivity contribution in [3.63, 3.8) is 0 Å². The van der Waals surface area contributed by atoms with E-state index in [1.165, 1.54) is 12.3 Å². The van der Waals surface area contributed by atoms with E-state index in [1.807, 2.05) is 0 Å². The number of anilines is 1. The highest BCUT2D eigenvalue weighted by molar-refractivity contribution is 6.01. The van der Waals surface area contributed by atoms with Crippen LogP contribution in [-0.4, -0.2) is 16.0 Å². The van der Waals surface area contributed by atoms with Gasteiger partial charge in [0, 0.05) is 12.1 Å². The molecule has 1 aromatic carbocycles. The highest BCUT2D eigenvalue weighted by Gasteiger charge is 2.23. The summed E-state index contributed by atoms with van der Waals surface area (Å²) in [6, 6.07) is 3.23. The molecule has 0 radical (unpaired) electrons. The number of nitrogens with two attached hydrogens (primary N) is 1. The van der Waals surface area contributed by atoms with Crippen molar-refractivity contribution in [2.75, 3.05) is 5.73 Å². The van der Waals surface area contributed by atoms with Gasteiger partial charge in [0.25, 0.3) is 11.6 Å². The Morgan fingerprint density at radius 2 is 2.25 bits per heavy atom. The summed E-state index contributed by atoms with van der Waals surface area (Å²) in [5.41, 5.74) is 4.26. The van der Waals surface area contributed by atoms with Crippen LogP contribution >= 0.6 is 0 Å². The first-order valence-corrected chi connectivity index (χ1v) is 5.40. The fourth-order valence-electron chi connectivity index (χ4n) is 1.56. The lowest BCUT2D eigenvalue weighted by Crippen LogP contribution is -2.25. The van der Waals surface area contributed by atoms with Gasteiger partial charge in [-0.25, -0.2) is 4.39 Å². The second-order valence-corrected chi connectivity index (χ2v) is 3.79. The van der Waals surface area contributed by atoms with E-state index in [-0.39, 0.29) is 6.54 Å². The molecular weight excluding hydrogens is 271 g/mol. The standard InChI is InChI=1S/C11H9FN4O4/c12-7-1-2-8(16(18)19)10(13)9(7)11(17)14-5-6-3-4-20-15-6/h1-4H,5,13H2,(H,14,17). The SMILES string of the molecule is Nc1c([N+](=O)[O-])ccc(F)c1C(=O)NCc1ccon1. The molecule has 0 saturated heterocycles. The number of rotatable bonds is 4. The number of hydrogen-bond acceptors (Lipinski definition) is 6. The first-order valence-electron chi connectivity index (χ1n) is 5.40. The molecule has 0 spiro atoms. The topological polar surface area (TPSA) is 124 Å². The third kappa shape index (κ3) is 2.55. The van der Waals surface area contributed by atoms with Crippen LogP contribution < -0.4 is 11.1 Å². The minimum atomic E-state index is -0.939. The van der Waals surface area contributed by atoms with E-state index in [2.05, 4.69) is 15.0 Å². The van der Waals surface area contributed by atoms with E-state index >= 15 is 0 Å². The van der Waals surface area contributed by atoms with Crippen molar-refractivity contribution in [2.45, 2.75) is 6.54 Å². The van der Waals surface area contributed by atoms with Gasteiger partial charge in [-0.15, -0.1) is 0 Å². The van der Waals surface area contributed by atoms with Crippen LogP contribution in [0.15, 0.2) is 29.0 Å². The number of nitrogens with zero attached hydrogens (tertiary/aromatic N) is 2. The smallest absolute Gasteiger partial charge is 0.293 e. The summed E-state index contributed by atoms with van der Waals surface area (Å²) in [5.74, 6) is -1.81. The van der Waals surface area contributed by atoms with Crippen LogP contribution in [0.1, 0.15) is 16.1 Å². The zero-order chi connectivity index (χ0) is 14.7. The van der Waals surface area contributed by atoms with Gasteiger partial charge in [-0.1, -0.05) is 5.16 Å². The molecule has 1 aromatic heterocycles. The van der Waals surface area contributed by atoms with Gasteiger partial charge in [0.2, 0.25) is 0 Å². The summed E-state index contributed by atoms with van der Waals surface area (Å²) in [7, 11) is 0. The van der Waals surface area contributed by atoms with Crippen molar-refractivity contribution in [2.24, 2.45) is 0 Å². The fraction of sp³-hybridized carbons (Fsp3) is 0.0909. The Bertz CT molecular complexity index is 657. The second-order valence-electron chi connectivity index (χ2n) is 3.79. The molecule has 3 N–H and O–H groups in total. The maximum atomic E-state index is 13.6. The average Bonchev–Trinajstić information content (AvgIpc) is 2.89. The summed E-state index contributed by atoms with van der Waals surface area (Å²) in [6.07, 6.45) is 1.31. The number of carbonyl (C=O) groups is 1. The van der Waals surface area contributed by atoms with Crippen LogP contribution in [0.25, 0.3) is 0 Å². The Kier molecular flexibility index (Phi) is 3.60. The molecule has 104 valence electrons. The first kappa shape index (κ1) is 13.5. The number of nitrogens with one attached hydrogen (secondary N) is 1. The van der Waals surface area contributed by atoms with Crippen LogP contribution in [0.4, 0.5) is 15.8 Å². The van der Waals surface area contributed by atoms with E-state index in [1.54, 1.807) is 0 Å². The third-order valence-electron chi connectivity index (χ3n) is 2.52. The van der Waals surface area contributed by atoms with E-state index in [0.29, 0.717) is 5.69 Å². The molecule has 1 heterocycles. The number of nitro benzene ring substituents is 1. The Morgan fingerprint density at radius 3 is 2.85 bits per heavy atom. The third-order valence-corrected chi connectivity index (χ3v) is 2.52. The van der Waals surface area contributed by atoms with Crippen LogP contribution in [0.2, 0.25) is 0 Å². The predicted molar refractivity (Wildman–Crippen MR) is 65.1 cm³/mol. The molecule has 0 unspecified atom stereocenters. The van der Waals surface area contributed by atoms with Gasteiger partial charge >= 0.3 is 0 Å². The zero-order valence-corrected chi connectivity index (χ0v) is 10.00. The number of benzene rings is 1. The van der Waals surface area contributed by atoms with Crippen molar-refractivity contribution in [3.05, 3.63) is 51.7 Å². The fourth-order valence-corrected chi connectivity index (χ4v) is 1.56. The number of carbonyl (C=O) groups excluding carboxylic acids is 1. The first-order chi connectivity index (χ1) is 9.50. The van der Waals surface area contributed by atoms with Crippen LogP contribution in [0, 0.1) is 15.9 Å². The van der Waals surface area contributed by atoms with Crippen molar-refractivity contribution >= 4 is 17.3 Å². The highest BCUT2D eigenvalue weighted by atomic mass is 19.1. The number of halogens is 1.